The van der Waals surface area contributed by atoms with E-state index in [1.54, 1.807) is 19.1 Å². The molecule has 0 saturated heterocycles. The average molecular weight is 318 g/mol. The van der Waals surface area contributed by atoms with E-state index in [9.17, 15) is 13.5 Å². The zero-order valence-corrected chi connectivity index (χ0v) is 13.6. The summed E-state index contributed by atoms with van der Waals surface area (Å²) in [5.74, 6) is 0. The molecule has 0 aliphatic heterocycles. The maximum atomic E-state index is 12.5. The van der Waals surface area contributed by atoms with Crippen LogP contribution in [-0.2, 0) is 16.4 Å². The highest BCUT2D eigenvalue weighted by atomic mass is 32.2. The molecule has 0 heterocycles. The predicted octanol–water partition coefficient (Wildman–Crippen LogP) is 1.22. The van der Waals surface area contributed by atoms with Crippen LogP contribution in [0.15, 0.2) is 23.1 Å². The fourth-order valence-electron chi connectivity index (χ4n) is 1.93. The van der Waals surface area contributed by atoms with E-state index in [0.717, 1.165) is 5.56 Å². The maximum Gasteiger partial charge on any atom is 0.241 e. The van der Waals surface area contributed by atoms with Gasteiger partial charge < -0.3 is 10.8 Å². The van der Waals surface area contributed by atoms with Gasteiger partial charge in [0.25, 0.3) is 0 Å². The Morgan fingerprint density at radius 2 is 2.10 bits per heavy atom. The van der Waals surface area contributed by atoms with Crippen molar-refractivity contribution in [2.75, 3.05) is 18.6 Å². The summed E-state index contributed by atoms with van der Waals surface area (Å²) in [6.07, 6.45) is 2.44. The van der Waals surface area contributed by atoms with E-state index in [1.165, 1.54) is 17.8 Å². The lowest BCUT2D eigenvalue weighted by atomic mass is 10.1. The van der Waals surface area contributed by atoms with E-state index in [4.69, 9.17) is 5.73 Å². The van der Waals surface area contributed by atoms with E-state index in [1.807, 2.05) is 13.2 Å². The summed E-state index contributed by atoms with van der Waals surface area (Å²) in [5.41, 5.74) is 6.83. The molecular formula is C13H22N2O3S2. The normalized spacial score (nSPS) is 15.0. The van der Waals surface area contributed by atoms with Gasteiger partial charge in [-0.05, 0) is 37.3 Å². The van der Waals surface area contributed by atoms with Crippen LogP contribution < -0.4 is 10.5 Å². The first-order valence-electron chi connectivity index (χ1n) is 6.40. The Morgan fingerprint density at radius 3 is 2.60 bits per heavy atom. The number of aryl methyl sites for hydroxylation is 1. The van der Waals surface area contributed by atoms with Gasteiger partial charge in [-0.2, -0.15) is 11.8 Å². The molecule has 1 aromatic carbocycles. The predicted molar refractivity (Wildman–Crippen MR) is 84.4 cm³/mol. The highest BCUT2D eigenvalue weighted by molar-refractivity contribution is 7.99. The molecule has 2 atom stereocenters. The van der Waals surface area contributed by atoms with Crippen molar-refractivity contribution in [1.82, 2.24) is 4.72 Å². The van der Waals surface area contributed by atoms with Crippen molar-refractivity contribution >= 4 is 27.5 Å². The first-order chi connectivity index (χ1) is 9.35. The lowest BCUT2D eigenvalue weighted by Crippen LogP contribution is -2.41. The van der Waals surface area contributed by atoms with Crippen LogP contribution in [0.4, 0.5) is 5.69 Å². The highest BCUT2D eigenvalue weighted by Gasteiger charge is 2.24. The van der Waals surface area contributed by atoms with Crippen molar-refractivity contribution in [3.05, 3.63) is 23.8 Å². The van der Waals surface area contributed by atoms with Gasteiger partial charge >= 0.3 is 0 Å². The second-order valence-corrected chi connectivity index (χ2v) is 7.35. The molecule has 0 fully saturated rings. The number of nitrogens with two attached hydrogens (primary N) is 1. The summed E-state index contributed by atoms with van der Waals surface area (Å²) < 4.78 is 27.5. The quantitative estimate of drug-likeness (QED) is 0.657. The lowest BCUT2D eigenvalue weighted by Gasteiger charge is -2.22. The molecule has 0 bridgehead atoms. The van der Waals surface area contributed by atoms with Crippen LogP contribution in [0.5, 0.6) is 0 Å². The van der Waals surface area contributed by atoms with Crippen LogP contribution in [0.1, 0.15) is 19.4 Å². The van der Waals surface area contributed by atoms with Crippen LogP contribution in [0.2, 0.25) is 0 Å². The molecule has 0 aliphatic carbocycles. The SMILES string of the molecule is CCc1ccc(N)cc1S(=O)(=O)NC(C)C(CO)SC. The topological polar surface area (TPSA) is 92.4 Å². The van der Waals surface area contributed by atoms with E-state index in [0.29, 0.717) is 12.1 Å². The summed E-state index contributed by atoms with van der Waals surface area (Å²) in [4.78, 5) is 0.213. The zero-order chi connectivity index (χ0) is 15.3. The third-order valence-corrected chi connectivity index (χ3v) is 5.95. The van der Waals surface area contributed by atoms with Crippen molar-refractivity contribution in [3.63, 3.8) is 0 Å². The molecule has 7 heteroatoms. The van der Waals surface area contributed by atoms with Gasteiger partial charge in [-0.25, -0.2) is 13.1 Å². The van der Waals surface area contributed by atoms with Gasteiger partial charge in [0.2, 0.25) is 10.0 Å². The van der Waals surface area contributed by atoms with Crippen molar-refractivity contribution in [3.8, 4) is 0 Å². The summed E-state index contributed by atoms with van der Waals surface area (Å²) in [7, 11) is -3.64. The van der Waals surface area contributed by atoms with E-state index < -0.39 is 10.0 Å². The minimum Gasteiger partial charge on any atom is -0.399 e. The number of nitrogen functional groups attached to an aromatic ring is 1. The van der Waals surface area contributed by atoms with E-state index in [2.05, 4.69) is 4.72 Å². The molecule has 4 N–H and O–H groups in total. The molecule has 114 valence electrons. The summed E-state index contributed by atoms with van der Waals surface area (Å²) in [6, 6.07) is 4.53. The van der Waals surface area contributed by atoms with Crippen LogP contribution in [0.25, 0.3) is 0 Å². The molecule has 0 radical (unpaired) electrons. The number of anilines is 1. The molecule has 0 aromatic heterocycles. The number of thioether (sulfide) groups is 1. The molecule has 2 unspecified atom stereocenters. The van der Waals surface area contributed by atoms with Gasteiger partial charge in [-0.3, -0.25) is 0 Å². The minimum absolute atomic E-state index is 0.0809. The first-order valence-corrected chi connectivity index (χ1v) is 9.17. The Labute approximate surface area is 125 Å². The van der Waals surface area contributed by atoms with Crippen molar-refractivity contribution in [2.24, 2.45) is 0 Å². The monoisotopic (exact) mass is 318 g/mol. The average Bonchev–Trinajstić information content (AvgIpc) is 2.39. The van der Waals surface area contributed by atoms with Gasteiger partial charge in [0.15, 0.2) is 0 Å². The van der Waals surface area contributed by atoms with Crippen molar-refractivity contribution in [1.29, 1.82) is 0 Å². The third-order valence-electron chi connectivity index (χ3n) is 3.14. The number of hydrogen-bond donors (Lipinski definition) is 3. The fourth-order valence-corrected chi connectivity index (χ4v) is 4.28. The lowest BCUT2D eigenvalue weighted by molar-refractivity contribution is 0.282. The van der Waals surface area contributed by atoms with E-state index in [-0.39, 0.29) is 22.8 Å². The number of rotatable bonds is 7. The molecule has 5 nitrogen and oxygen atoms in total. The summed E-state index contributed by atoms with van der Waals surface area (Å²) in [6.45, 7) is 3.56. The molecule has 1 aromatic rings. The Bertz CT molecular complexity index is 543. The first kappa shape index (κ1) is 17.3. The number of hydrogen-bond acceptors (Lipinski definition) is 5. The van der Waals surface area contributed by atoms with Gasteiger partial charge in [-0.15, -0.1) is 0 Å². The van der Waals surface area contributed by atoms with Crippen molar-refractivity contribution in [2.45, 2.75) is 36.5 Å². The number of nitrogens with one attached hydrogen (secondary N) is 1. The number of aliphatic hydroxyl groups excluding tert-OH is 1. The molecule has 0 amide bonds. The third kappa shape index (κ3) is 4.12. The smallest absolute Gasteiger partial charge is 0.241 e. The molecule has 20 heavy (non-hydrogen) atoms. The Hall–Kier alpha value is -0.760. The maximum absolute atomic E-state index is 12.5. The van der Waals surface area contributed by atoms with Gasteiger partial charge in [-0.1, -0.05) is 13.0 Å². The zero-order valence-electron chi connectivity index (χ0n) is 12.0. The van der Waals surface area contributed by atoms with Gasteiger partial charge in [0, 0.05) is 17.0 Å². The largest absolute Gasteiger partial charge is 0.399 e. The Balaban J connectivity index is 3.08. The van der Waals surface area contributed by atoms with Gasteiger partial charge in [0.1, 0.15) is 0 Å². The van der Waals surface area contributed by atoms with Crippen LogP contribution in [0.3, 0.4) is 0 Å². The standard InChI is InChI=1S/C13H22N2O3S2/c1-4-10-5-6-11(14)7-13(10)20(17,18)15-9(2)12(8-16)19-3/h5-7,9,12,15-16H,4,8,14H2,1-3H3. The van der Waals surface area contributed by atoms with E-state index >= 15 is 0 Å². The molecule has 0 saturated carbocycles. The number of sulfonamides is 1. The Morgan fingerprint density at radius 1 is 1.45 bits per heavy atom. The molecule has 0 spiro atoms. The number of benzene rings is 1. The highest BCUT2D eigenvalue weighted by Crippen LogP contribution is 2.21. The van der Waals surface area contributed by atoms with Crippen LogP contribution >= 0.6 is 11.8 Å². The van der Waals surface area contributed by atoms with Crippen LogP contribution in [0, 0.1) is 0 Å². The number of aliphatic hydroxyl groups is 1. The van der Waals surface area contributed by atoms with Crippen LogP contribution in [-0.4, -0.2) is 37.7 Å². The summed E-state index contributed by atoms with van der Waals surface area (Å²) >= 11 is 1.43. The Kier molecular flexibility index (Phi) is 6.32. The second-order valence-electron chi connectivity index (χ2n) is 4.59. The minimum atomic E-state index is -3.64. The van der Waals surface area contributed by atoms with Gasteiger partial charge in [0.05, 0.1) is 11.5 Å². The van der Waals surface area contributed by atoms with Crippen molar-refractivity contribution < 1.29 is 13.5 Å². The molecular weight excluding hydrogens is 296 g/mol. The molecule has 0 aliphatic rings. The molecule has 1 rings (SSSR count). The summed E-state index contributed by atoms with van der Waals surface area (Å²) in [5, 5.41) is 9.05. The fraction of sp³-hybridized carbons (Fsp3) is 0.538. The second kappa shape index (κ2) is 7.31.